The van der Waals surface area contributed by atoms with Crippen LogP contribution in [0.3, 0.4) is 0 Å². The third-order valence-corrected chi connectivity index (χ3v) is 5.86. The number of aromatic hydroxyl groups is 1. The Morgan fingerprint density at radius 3 is 2.55 bits per heavy atom. The zero-order valence-corrected chi connectivity index (χ0v) is 16.4. The van der Waals surface area contributed by atoms with Crippen LogP contribution in [-0.2, 0) is 0 Å². The summed E-state index contributed by atoms with van der Waals surface area (Å²) in [5.74, 6) is 1.43. The van der Waals surface area contributed by atoms with Gasteiger partial charge in [0.2, 0.25) is 5.28 Å². The van der Waals surface area contributed by atoms with Gasteiger partial charge in [-0.15, -0.1) is 10.2 Å². The standard InChI is InChI=1S/C20H20ClN7O/c21-20-23-8-7-18(24-20)28-12-5-6-13(28)11-27(10-12)16-9-15(25-26-19(16)22)14-3-1-2-4-17(14)29/h1-4,7-9,12-13,29H,5-6,10-11H2,(H2,22,26). The van der Waals surface area contributed by atoms with E-state index in [1.54, 1.807) is 18.3 Å². The van der Waals surface area contributed by atoms with Gasteiger partial charge in [0.05, 0.1) is 11.4 Å². The molecule has 0 aliphatic carbocycles. The first-order valence-electron chi connectivity index (χ1n) is 9.53. The molecule has 5 rings (SSSR count). The van der Waals surface area contributed by atoms with Gasteiger partial charge in [0, 0.05) is 36.9 Å². The highest BCUT2D eigenvalue weighted by Gasteiger charge is 2.41. The Morgan fingerprint density at radius 1 is 1.07 bits per heavy atom. The van der Waals surface area contributed by atoms with Crippen LogP contribution in [0.1, 0.15) is 12.8 Å². The fraction of sp³-hybridized carbons (Fsp3) is 0.300. The maximum absolute atomic E-state index is 10.2. The molecule has 0 saturated carbocycles. The van der Waals surface area contributed by atoms with Gasteiger partial charge in [-0.1, -0.05) is 12.1 Å². The molecule has 2 aromatic heterocycles. The van der Waals surface area contributed by atoms with E-state index in [1.165, 1.54) is 0 Å². The van der Waals surface area contributed by atoms with Gasteiger partial charge in [-0.25, -0.2) is 9.97 Å². The molecule has 2 fully saturated rings. The van der Waals surface area contributed by atoms with E-state index in [4.69, 9.17) is 17.3 Å². The molecule has 9 heteroatoms. The quantitative estimate of drug-likeness (QED) is 0.636. The molecule has 2 bridgehead atoms. The van der Waals surface area contributed by atoms with Crippen LogP contribution in [0.4, 0.5) is 17.3 Å². The minimum Gasteiger partial charge on any atom is -0.507 e. The summed E-state index contributed by atoms with van der Waals surface area (Å²) in [5, 5.41) is 18.8. The van der Waals surface area contributed by atoms with Crippen molar-refractivity contribution in [3.63, 3.8) is 0 Å². The molecule has 2 aliphatic heterocycles. The number of phenols is 1. The van der Waals surface area contributed by atoms with E-state index in [0.29, 0.717) is 29.2 Å². The molecule has 0 spiro atoms. The van der Waals surface area contributed by atoms with E-state index in [2.05, 4.69) is 30.0 Å². The summed E-state index contributed by atoms with van der Waals surface area (Å²) in [4.78, 5) is 13.0. The predicted molar refractivity (Wildman–Crippen MR) is 112 cm³/mol. The number of fused-ring (bicyclic) bond motifs is 2. The zero-order valence-electron chi connectivity index (χ0n) is 15.6. The number of para-hydroxylation sites is 1. The van der Waals surface area contributed by atoms with Crippen LogP contribution in [0.5, 0.6) is 5.75 Å². The second-order valence-corrected chi connectivity index (χ2v) is 7.74. The average molecular weight is 410 g/mol. The van der Waals surface area contributed by atoms with Gasteiger partial charge in [0.15, 0.2) is 5.82 Å². The Balaban J connectivity index is 1.45. The van der Waals surface area contributed by atoms with Crippen LogP contribution in [0.15, 0.2) is 42.6 Å². The van der Waals surface area contributed by atoms with E-state index >= 15 is 0 Å². The average Bonchev–Trinajstić information content (AvgIpc) is 2.98. The van der Waals surface area contributed by atoms with Crippen molar-refractivity contribution < 1.29 is 5.11 Å². The summed E-state index contributed by atoms with van der Waals surface area (Å²) >= 11 is 6.00. The first-order chi connectivity index (χ1) is 14.1. The molecule has 2 saturated heterocycles. The second kappa shape index (κ2) is 7.04. The Morgan fingerprint density at radius 2 is 1.83 bits per heavy atom. The molecule has 0 radical (unpaired) electrons. The molecule has 2 atom stereocenters. The van der Waals surface area contributed by atoms with Gasteiger partial charge >= 0.3 is 0 Å². The van der Waals surface area contributed by atoms with Crippen LogP contribution in [-0.4, -0.2) is 50.4 Å². The number of aromatic nitrogens is 4. The summed E-state index contributed by atoms with van der Waals surface area (Å²) < 4.78 is 0. The van der Waals surface area contributed by atoms with Gasteiger partial charge in [0.1, 0.15) is 11.6 Å². The second-order valence-electron chi connectivity index (χ2n) is 7.40. The highest BCUT2D eigenvalue weighted by molar-refractivity contribution is 6.28. The Labute approximate surface area is 173 Å². The molecule has 3 aromatic rings. The predicted octanol–water partition coefficient (Wildman–Crippen LogP) is 2.73. The number of hydrogen-bond acceptors (Lipinski definition) is 8. The molecule has 2 unspecified atom stereocenters. The van der Waals surface area contributed by atoms with E-state index in [9.17, 15) is 5.11 Å². The van der Waals surface area contributed by atoms with Crippen LogP contribution >= 0.6 is 11.6 Å². The normalized spacial score (nSPS) is 20.9. The van der Waals surface area contributed by atoms with E-state index in [-0.39, 0.29) is 11.0 Å². The van der Waals surface area contributed by atoms with Crippen molar-refractivity contribution in [1.29, 1.82) is 0 Å². The van der Waals surface area contributed by atoms with Crippen LogP contribution in [0.2, 0.25) is 5.28 Å². The lowest BCUT2D eigenvalue weighted by Crippen LogP contribution is -2.54. The third kappa shape index (κ3) is 3.19. The van der Waals surface area contributed by atoms with Crippen molar-refractivity contribution in [2.24, 2.45) is 0 Å². The van der Waals surface area contributed by atoms with Crippen molar-refractivity contribution in [2.75, 3.05) is 28.6 Å². The molecular formula is C20H20ClN7O. The maximum atomic E-state index is 10.2. The highest BCUT2D eigenvalue weighted by atomic mass is 35.5. The lowest BCUT2D eigenvalue weighted by Gasteiger charge is -2.42. The van der Waals surface area contributed by atoms with Crippen molar-refractivity contribution in [1.82, 2.24) is 20.2 Å². The number of nitrogen functional groups attached to an aromatic ring is 1. The maximum Gasteiger partial charge on any atom is 0.224 e. The van der Waals surface area contributed by atoms with E-state index in [1.807, 2.05) is 24.3 Å². The molecule has 148 valence electrons. The van der Waals surface area contributed by atoms with E-state index < -0.39 is 0 Å². The van der Waals surface area contributed by atoms with Crippen LogP contribution in [0, 0.1) is 0 Å². The van der Waals surface area contributed by atoms with Crippen LogP contribution in [0.25, 0.3) is 11.3 Å². The molecular weight excluding hydrogens is 390 g/mol. The Bertz CT molecular complexity index is 1050. The number of piperazine rings is 1. The number of phenolic OH excluding ortho intramolecular Hbond substituents is 1. The largest absolute Gasteiger partial charge is 0.507 e. The fourth-order valence-corrected chi connectivity index (χ4v) is 4.55. The van der Waals surface area contributed by atoms with Gasteiger partial charge in [-0.2, -0.15) is 0 Å². The Kier molecular flexibility index (Phi) is 4.35. The number of benzene rings is 1. The van der Waals surface area contributed by atoms with Crippen molar-refractivity contribution in [3.05, 3.63) is 47.9 Å². The van der Waals surface area contributed by atoms with Gasteiger partial charge in [-0.3, -0.25) is 0 Å². The number of nitrogens with zero attached hydrogens (tertiary/aromatic N) is 6. The van der Waals surface area contributed by atoms with Gasteiger partial charge < -0.3 is 20.6 Å². The highest BCUT2D eigenvalue weighted by Crippen LogP contribution is 2.38. The first kappa shape index (κ1) is 17.9. The van der Waals surface area contributed by atoms with Crippen LogP contribution < -0.4 is 15.5 Å². The fourth-order valence-electron chi connectivity index (χ4n) is 4.41. The number of hydrogen-bond donors (Lipinski definition) is 2. The lowest BCUT2D eigenvalue weighted by molar-refractivity contribution is 0.477. The molecule has 4 heterocycles. The summed E-state index contributed by atoms with van der Waals surface area (Å²) in [6, 6.07) is 11.5. The lowest BCUT2D eigenvalue weighted by atomic mass is 10.1. The molecule has 8 nitrogen and oxygen atoms in total. The summed E-state index contributed by atoms with van der Waals surface area (Å²) in [6.07, 6.45) is 3.85. The number of nitrogens with two attached hydrogens (primary N) is 1. The molecule has 0 amide bonds. The van der Waals surface area contributed by atoms with E-state index in [0.717, 1.165) is 37.4 Å². The molecule has 2 aliphatic rings. The summed E-state index contributed by atoms with van der Waals surface area (Å²) in [5.41, 5.74) is 8.27. The Hall–Kier alpha value is -3.13. The number of anilines is 3. The minimum atomic E-state index is 0.169. The van der Waals surface area contributed by atoms with Crippen molar-refractivity contribution >= 4 is 28.9 Å². The van der Waals surface area contributed by atoms with Gasteiger partial charge in [0.25, 0.3) is 0 Å². The number of rotatable bonds is 3. The van der Waals surface area contributed by atoms with Crippen molar-refractivity contribution in [2.45, 2.75) is 24.9 Å². The molecule has 1 aromatic carbocycles. The smallest absolute Gasteiger partial charge is 0.224 e. The SMILES string of the molecule is Nc1nnc(-c2ccccc2O)cc1N1CC2CCC(C1)N2c1ccnc(Cl)n1. The summed E-state index contributed by atoms with van der Waals surface area (Å²) in [6.45, 7) is 1.60. The number of halogens is 1. The third-order valence-electron chi connectivity index (χ3n) is 5.68. The van der Waals surface area contributed by atoms with Crippen molar-refractivity contribution in [3.8, 4) is 17.0 Å². The summed E-state index contributed by atoms with van der Waals surface area (Å²) in [7, 11) is 0. The zero-order chi connectivity index (χ0) is 20.0. The first-order valence-corrected chi connectivity index (χ1v) is 9.91. The monoisotopic (exact) mass is 409 g/mol. The minimum absolute atomic E-state index is 0.169. The molecule has 3 N–H and O–H groups in total. The topological polar surface area (TPSA) is 104 Å². The molecule has 29 heavy (non-hydrogen) atoms. The van der Waals surface area contributed by atoms with Gasteiger partial charge in [-0.05, 0) is 48.7 Å².